The van der Waals surface area contributed by atoms with Crippen LogP contribution in [0.2, 0.25) is 0 Å². The van der Waals surface area contributed by atoms with Crippen LogP contribution in [-0.4, -0.2) is 32.2 Å². The molecule has 1 fully saturated rings. The predicted octanol–water partition coefficient (Wildman–Crippen LogP) is 1.49. The average molecular weight is 292 g/mol. The summed E-state index contributed by atoms with van der Waals surface area (Å²) in [6.45, 7) is 2.73. The predicted molar refractivity (Wildman–Crippen MR) is 81.6 cm³/mol. The molecule has 0 aromatic heterocycles. The van der Waals surface area contributed by atoms with Gasteiger partial charge in [0.15, 0.2) is 6.61 Å². The molecular weight excluding hydrogens is 268 g/mol. The Morgan fingerprint density at radius 1 is 1.48 bits per heavy atom. The Morgan fingerprint density at radius 2 is 2.24 bits per heavy atom. The van der Waals surface area contributed by atoms with Crippen molar-refractivity contribution in [1.29, 1.82) is 0 Å². The lowest BCUT2D eigenvalue weighted by molar-refractivity contribution is -0.123. The first-order chi connectivity index (χ1) is 10.1. The number of hydrogen-bond acceptors (Lipinski definition) is 4. The zero-order valence-electron chi connectivity index (χ0n) is 12.7. The Kier molecular flexibility index (Phi) is 5.44. The van der Waals surface area contributed by atoms with Gasteiger partial charge in [-0.05, 0) is 55.9 Å². The van der Waals surface area contributed by atoms with Crippen LogP contribution >= 0.6 is 0 Å². The van der Waals surface area contributed by atoms with Crippen molar-refractivity contribution in [2.75, 3.05) is 20.3 Å². The van der Waals surface area contributed by atoms with Crippen LogP contribution in [0, 0.1) is 5.92 Å². The zero-order valence-corrected chi connectivity index (χ0v) is 12.7. The van der Waals surface area contributed by atoms with Gasteiger partial charge in [-0.3, -0.25) is 4.79 Å². The summed E-state index contributed by atoms with van der Waals surface area (Å²) < 4.78 is 10.8. The highest BCUT2D eigenvalue weighted by Gasteiger charge is 2.21. The fourth-order valence-electron chi connectivity index (χ4n) is 2.10. The number of ether oxygens (including phenoxy) is 2. The molecule has 0 spiro atoms. The van der Waals surface area contributed by atoms with Crippen LogP contribution in [0.3, 0.4) is 0 Å². The van der Waals surface area contributed by atoms with Crippen molar-refractivity contribution in [3.63, 3.8) is 0 Å². The van der Waals surface area contributed by atoms with Crippen molar-refractivity contribution in [3.8, 4) is 11.5 Å². The SMILES string of the molecule is COc1ccc(OCC(=O)NCC2CC2)c(CC(C)N)c1. The molecule has 116 valence electrons. The van der Waals surface area contributed by atoms with Gasteiger partial charge in [-0.1, -0.05) is 0 Å². The summed E-state index contributed by atoms with van der Waals surface area (Å²) in [5, 5.41) is 2.88. The van der Waals surface area contributed by atoms with Crippen LogP contribution in [0.25, 0.3) is 0 Å². The lowest BCUT2D eigenvalue weighted by atomic mass is 10.1. The van der Waals surface area contributed by atoms with Gasteiger partial charge in [0.25, 0.3) is 5.91 Å². The van der Waals surface area contributed by atoms with Crippen molar-refractivity contribution in [3.05, 3.63) is 23.8 Å². The van der Waals surface area contributed by atoms with Crippen molar-refractivity contribution in [2.24, 2.45) is 11.7 Å². The molecule has 3 N–H and O–H groups in total. The minimum Gasteiger partial charge on any atom is -0.497 e. The van der Waals surface area contributed by atoms with Crippen molar-refractivity contribution < 1.29 is 14.3 Å². The number of nitrogens with two attached hydrogens (primary N) is 1. The van der Waals surface area contributed by atoms with E-state index in [2.05, 4.69) is 5.32 Å². The molecule has 1 saturated carbocycles. The molecule has 1 aromatic rings. The minimum atomic E-state index is -0.0792. The van der Waals surface area contributed by atoms with Crippen LogP contribution in [0.5, 0.6) is 11.5 Å². The Bertz CT molecular complexity index is 484. The van der Waals surface area contributed by atoms with Gasteiger partial charge < -0.3 is 20.5 Å². The third kappa shape index (κ3) is 5.27. The number of nitrogens with one attached hydrogen (secondary N) is 1. The van der Waals surface area contributed by atoms with E-state index in [-0.39, 0.29) is 18.6 Å². The quantitative estimate of drug-likeness (QED) is 0.761. The van der Waals surface area contributed by atoms with Gasteiger partial charge in [0.2, 0.25) is 0 Å². The Hall–Kier alpha value is -1.75. The second-order valence-corrected chi connectivity index (χ2v) is 5.69. The summed E-state index contributed by atoms with van der Waals surface area (Å²) in [7, 11) is 1.62. The molecule has 0 radical (unpaired) electrons. The van der Waals surface area contributed by atoms with Crippen molar-refractivity contribution in [2.45, 2.75) is 32.2 Å². The van der Waals surface area contributed by atoms with Gasteiger partial charge in [0.1, 0.15) is 11.5 Å². The lowest BCUT2D eigenvalue weighted by Gasteiger charge is -2.14. The Morgan fingerprint density at radius 3 is 2.86 bits per heavy atom. The molecular formula is C16H24N2O3. The Labute approximate surface area is 125 Å². The molecule has 1 aromatic carbocycles. The third-order valence-electron chi connectivity index (χ3n) is 3.45. The van der Waals surface area contributed by atoms with Gasteiger partial charge >= 0.3 is 0 Å². The number of methoxy groups -OCH3 is 1. The summed E-state index contributed by atoms with van der Waals surface area (Å²) in [5.74, 6) is 2.04. The molecule has 0 bridgehead atoms. The number of hydrogen-bond donors (Lipinski definition) is 2. The number of carbonyl (C=O) groups is 1. The standard InChI is InChI=1S/C16H24N2O3/c1-11(17)7-13-8-14(20-2)5-6-15(13)21-10-16(19)18-9-12-3-4-12/h5-6,8,11-12H,3-4,7,9-10,17H2,1-2H3,(H,18,19). The van der Waals surface area contributed by atoms with E-state index in [4.69, 9.17) is 15.2 Å². The van der Waals surface area contributed by atoms with Crippen LogP contribution in [-0.2, 0) is 11.2 Å². The second-order valence-electron chi connectivity index (χ2n) is 5.69. The summed E-state index contributed by atoms with van der Waals surface area (Å²) in [5.41, 5.74) is 6.81. The number of benzene rings is 1. The highest BCUT2D eigenvalue weighted by molar-refractivity contribution is 5.77. The minimum absolute atomic E-state index is 0.0168. The molecule has 1 atom stereocenters. The molecule has 0 heterocycles. The van der Waals surface area contributed by atoms with E-state index >= 15 is 0 Å². The summed E-state index contributed by atoms with van der Waals surface area (Å²) in [6, 6.07) is 5.57. The smallest absolute Gasteiger partial charge is 0.257 e. The van der Waals surface area contributed by atoms with E-state index < -0.39 is 0 Å². The van der Waals surface area contributed by atoms with E-state index in [9.17, 15) is 4.79 Å². The van der Waals surface area contributed by atoms with E-state index in [1.807, 2.05) is 25.1 Å². The highest BCUT2D eigenvalue weighted by atomic mass is 16.5. The molecule has 1 aliphatic rings. The van der Waals surface area contributed by atoms with E-state index in [0.717, 1.165) is 17.9 Å². The first kappa shape index (κ1) is 15.6. The summed E-state index contributed by atoms with van der Waals surface area (Å²) in [6.07, 6.45) is 3.12. The molecule has 1 unspecified atom stereocenters. The monoisotopic (exact) mass is 292 g/mol. The third-order valence-corrected chi connectivity index (χ3v) is 3.45. The maximum Gasteiger partial charge on any atom is 0.257 e. The summed E-state index contributed by atoms with van der Waals surface area (Å²) >= 11 is 0. The lowest BCUT2D eigenvalue weighted by Crippen LogP contribution is -2.30. The number of carbonyl (C=O) groups excluding carboxylic acids is 1. The molecule has 2 rings (SSSR count). The topological polar surface area (TPSA) is 73.6 Å². The van der Waals surface area contributed by atoms with Gasteiger partial charge in [-0.2, -0.15) is 0 Å². The largest absolute Gasteiger partial charge is 0.497 e. The van der Waals surface area contributed by atoms with Gasteiger partial charge in [-0.15, -0.1) is 0 Å². The van der Waals surface area contributed by atoms with Gasteiger partial charge in [0.05, 0.1) is 7.11 Å². The molecule has 1 aliphatic carbocycles. The maximum atomic E-state index is 11.7. The van der Waals surface area contributed by atoms with Gasteiger partial charge in [-0.25, -0.2) is 0 Å². The number of amides is 1. The maximum absolute atomic E-state index is 11.7. The number of rotatable bonds is 8. The van der Waals surface area contributed by atoms with Crippen molar-refractivity contribution in [1.82, 2.24) is 5.32 Å². The Balaban J connectivity index is 1.91. The van der Waals surface area contributed by atoms with Crippen LogP contribution in [0.15, 0.2) is 18.2 Å². The zero-order chi connectivity index (χ0) is 15.2. The molecule has 5 nitrogen and oxygen atoms in total. The van der Waals surface area contributed by atoms with Crippen molar-refractivity contribution >= 4 is 5.91 Å². The van der Waals surface area contributed by atoms with E-state index in [0.29, 0.717) is 18.1 Å². The average Bonchev–Trinajstić information content (AvgIpc) is 3.27. The molecule has 21 heavy (non-hydrogen) atoms. The summed E-state index contributed by atoms with van der Waals surface area (Å²) in [4.78, 5) is 11.7. The van der Waals surface area contributed by atoms with E-state index in [1.165, 1.54) is 12.8 Å². The second kappa shape index (κ2) is 7.31. The van der Waals surface area contributed by atoms with E-state index in [1.54, 1.807) is 7.11 Å². The molecule has 0 saturated heterocycles. The molecule has 5 heteroatoms. The van der Waals surface area contributed by atoms with Crippen LogP contribution in [0.1, 0.15) is 25.3 Å². The fourth-order valence-corrected chi connectivity index (χ4v) is 2.10. The molecule has 1 amide bonds. The fraction of sp³-hybridized carbons (Fsp3) is 0.562. The van der Waals surface area contributed by atoms with Gasteiger partial charge in [0, 0.05) is 12.6 Å². The first-order valence-electron chi connectivity index (χ1n) is 7.40. The molecule has 0 aliphatic heterocycles. The van der Waals surface area contributed by atoms with Crippen LogP contribution < -0.4 is 20.5 Å². The van der Waals surface area contributed by atoms with Crippen LogP contribution in [0.4, 0.5) is 0 Å². The normalized spacial score (nSPS) is 15.4. The first-order valence-corrected chi connectivity index (χ1v) is 7.40. The highest BCUT2D eigenvalue weighted by Crippen LogP contribution is 2.27.